The molecule has 1 aromatic carbocycles. The van der Waals surface area contributed by atoms with Gasteiger partial charge in [0.25, 0.3) is 0 Å². The van der Waals surface area contributed by atoms with Gasteiger partial charge in [0.05, 0.1) is 6.54 Å². The van der Waals surface area contributed by atoms with Gasteiger partial charge in [0, 0.05) is 17.9 Å². The number of carbonyl (C=O) groups is 1. The first-order valence-electron chi connectivity index (χ1n) is 7.60. The number of hydrogen-bond acceptors (Lipinski definition) is 3. The van der Waals surface area contributed by atoms with Gasteiger partial charge >= 0.3 is 0 Å². The van der Waals surface area contributed by atoms with Crippen LogP contribution in [0.4, 0.5) is 11.4 Å². The van der Waals surface area contributed by atoms with Crippen LogP contribution in [0.2, 0.25) is 0 Å². The number of likely N-dealkylation sites (tertiary alicyclic amines) is 1. The smallest absolute Gasteiger partial charge is 0.238 e. The molecule has 4 heteroatoms. The third-order valence-corrected chi connectivity index (χ3v) is 4.34. The third kappa shape index (κ3) is 3.12. The average Bonchev–Trinajstić information content (AvgIpc) is 2.89. The van der Waals surface area contributed by atoms with E-state index in [0.717, 1.165) is 37.7 Å². The molecule has 0 saturated carbocycles. The summed E-state index contributed by atoms with van der Waals surface area (Å²) in [5.74, 6) is 0.906. The minimum absolute atomic E-state index is 0.102. The summed E-state index contributed by atoms with van der Waals surface area (Å²) in [7, 11) is 0. The van der Waals surface area contributed by atoms with Crippen molar-refractivity contribution in [2.75, 3.05) is 36.8 Å². The van der Waals surface area contributed by atoms with Crippen LogP contribution in [0.25, 0.3) is 0 Å². The second kappa shape index (κ2) is 5.83. The van der Waals surface area contributed by atoms with Crippen LogP contribution in [-0.4, -0.2) is 37.0 Å². The molecule has 4 nitrogen and oxygen atoms in total. The molecule has 20 heavy (non-hydrogen) atoms. The zero-order valence-corrected chi connectivity index (χ0v) is 12.1. The number of rotatable bonds is 3. The van der Waals surface area contributed by atoms with Gasteiger partial charge in [0.15, 0.2) is 0 Å². The fraction of sp³-hybridized carbons (Fsp3) is 0.562. The molecule has 2 heterocycles. The molecule has 1 fully saturated rings. The highest BCUT2D eigenvalue weighted by molar-refractivity contribution is 5.92. The van der Waals surface area contributed by atoms with Crippen LogP contribution in [0, 0.1) is 5.92 Å². The molecule has 2 aliphatic rings. The molecule has 3 rings (SSSR count). The maximum absolute atomic E-state index is 12.1. The van der Waals surface area contributed by atoms with E-state index in [4.69, 9.17) is 0 Å². The highest BCUT2D eigenvalue weighted by Crippen LogP contribution is 2.25. The molecule has 1 saturated heterocycles. The van der Waals surface area contributed by atoms with Gasteiger partial charge in [-0.1, -0.05) is 6.92 Å². The van der Waals surface area contributed by atoms with Crippen molar-refractivity contribution >= 4 is 17.3 Å². The summed E-state index contributed by atoms with van der Waals surface area (Å²) in [6.45, 7) is 5.89. The van der Waals surface area contributed by atoms with Gasteiger partial charge in [0.2, 0.25) is 5.91 Å². The molecule has 0 spiro atoms. The van der Waals surface area contributed by atoms with E-state index in [9.17, 15) is 4.79 Å². The Hall–Kier alpha value is -1.55. The van der Waals surface area contributed by atoms with Crippen LogP contribution < -0.4 is 10.6 Å². The van der Waals surface area contributed by atoms with Crippen molar-refractivity contribution in [1.82, 2.24) is 4.90 Å². The minimum atomic E-state index is 0.102. The molecule has 0 radical (unpaired) electrons. The highest BCUT2D eigenvalue weighted by atomic mass is 16.2. The first kappa shape index (κ1) is 13.4. The van der Waals surface area contributed by atoms with Crippen LogP contribution in [0.15, 0.2) is 18.2 Å². The zero-order chi connectivity index (χ0) is 13.9. The summed E-state index contributed by atoms with van der Waals surface area (Å²) in [4.78, 5) is 14.3. The van der Waals surface area contributed by atoms with Crippen molar-refractivity contribution in [2.45, 2.75) is 26.2 Å². The molecule has 2 aliphatic heterocycles. The number of nitrogens with zero attached hydrogens (tertiary/aromatic N) is 1. The molecule has 1 amide bonds. The van der Waals surface area contributed by atoms with Crippen LogP contribution in [-0.2, 0) is 11.2 Å². The molecule has 108 valence electrons. The van der Waals surface area contributed by atoms with Gasteiger partial charge in [-0.25, -0.2) is 0 Å². The number of carbonyl (C=O) groups excluding carboxylic acids is 1. The lowest BCUT2D eigenvalue weighted by molar-refractivity contribution is -0.117. The summed E-state index contributed by atoms with van der Waals surface area (Å²) in [5.41, 5.74) is 3.42. The van der Waals surface area contributed by atoms with Crippen LogP contribution in [0.1, 0.15) is 25.3 Å². The number of nitrogens with one attached hydrogen (secondary N) is 2. The predicted octanol–water partition coefficient (Wildman–Crippen LogP) is 2.33. The Kier molecular flexibility index (Phi) is 3.92. The Morgan fingerprint density at radius 3 is 3.00 bits per heavy atom. The SMILES string of the molecule is CC1CCN(CC(=O)Nc2ccc3c(c2)CCN3)CC1. The van der Waals surface area contributed by atoms with E-state index in [0.29, 0.717) is 6.54 Å². The van der Waals surface area contributed by atoms with Crippen LogP contribution >= 0.6 is 0 Å². The summed E-state index contributed by atoms with van der Waals surface area (Å²) in [5, 5.41) is 6.35. The molecule has 0 bridgehead atoms. The maximum atomic E-state index is 12.1. The first-order valence-corrected chi connectivity index (χ1v) is 7.60. The van der Waals surface area contributed by atoms with Crippen LogP contribution in [0.3, 0.4) is 0 Å². The quantitative estimate of drug-likeness (QED) is 0.888. The van der Waals surface area contributed by atoms with Gasteiger partial charge in [-0.2, -0.15) is 0 Å². The number of benzene rings is 1. The zero-order valence-electron chi connectivity index (χ0n) is 12.1. The maximum Gasteiger partial charge on any atom is 0.238 e. The lowest BCUT2D eigenvalue weighted by Gasteiger charge is -2.29. The highest BCUT2D eigenvalue weighted by Gasteiger charge is 2.18. The van der Waals surface area contributed by atoms with Gasteiger partial charge in [-0.05, 0) is 62.0 Å². The molecule has 0 aromatic heterocycles. The van der Waals surface area contributed by atoms with Crippen molar-refractivity contribution in [2.24, 2.45) is 5.92 Å². The molecular formula is C16H23N3O. The molecule has 0 aliphatic carbocycles. The normalized spacial score (nSPS) is 19.4. The number of anilines is 2. The lowest BCUT2D eigenvalue weighted by Crippen LogP contribution is -2.38. The Balaban J connectivity index is 1.54. The van der Waals surface area contributed by atoms with Crippen molar-refractivity contribution in [1.29, 1.82) is 0 Å². The van der Waals surface area contributed by atoms with Gasteiger partial charge < -0.3 is 10.6 Å². The van der Waals surface area contributed by atoms with Crippen molar-refractivity contribution in [3.05, 3.63) is 23.8 Å². The number of hydrogen-bond donors (Lipinski definition) is 2. The van der Waals surface area contributed by atoms with E-state index >= 15 is 0 Å². The summed E-state index contributed by atoms with van der Waals surface area (Å²) in [6.07, 6.45) is 3.46. The second-order valence-corrected chi connectivity index (χ2v) is 6.06. The Morgan fingerprint density at radius 2 is 2.20 bits per heavy atom. The van der Waals surface area contributed by atoms with Crippen LogP contribution in [0.5, 0.6) is 0 Å². The summed E-state index contributed by atoms with van der Waals surface area (Å²) in [6, 6.07) is 6.12. The standard InChI is InChI=1S/C16H23N3O/c1-12-5-8-19(9-6-12)11-16(20)18-14-2-3-15-13(10-14)4-7-17-15/h2-3,10,12,17H,4-9,11H2,1H3,(H,18,20). The number of fused-ring (bicyclic) bond motifs is 1. The minimum Gasteiger partial charge on any atom is -0.384 e. The van der Waals surface area contributed by atoms with Gasteiger partial charge in [0.1, 0.15) is 0 Å². The fourth-order valence-electron chi connectivity index (χ4n) is 3.01. The molecule has 0 atom stereocenters. The molecule has 0 unspecified atom stereocenters. The number of piperidine rings is 1. The molecular weight excluding hydrogens is 250 g/mol. The third-order valence-electron chi connectivity index (χ3n) is 4.34. The predicted molar refractivity (Wildman–Crippen MR) is 82.1 cm³/mol. The Morgan fingerprint density at radius 1 is 1.40 bits per heavy atom. The van der Waals surface area contributed by atoms with Crippen molar-refractivity contribution in [3.8, 4) is 0 Å². The van der Waals surface area contributed by atoms with Gasteiger partial charge in [-0.15, -0.1) is 0 Å². The average molecular weight is 273 g/mol. The molecule has 2 N–H and O–H groups in total. The second-order valence-electron chi connectivity index (χ2n) is 6.06. The van der Waals surface area contributed by atoms with E-state index < -0.39 is 0 Å². The Labute approximate surface area is 120 Å². The van der Waals surface area contributed by atoms with E-state index in [1.165, 1.54) is 24.1 Å². The van der Waals surface area contributed by atoms with E-state index in [1.54, 1.807) is 0 Å². The largest absolute Gasteiger partial charge is 0.384 e. The van der Waals surface area contributed by atoms with E-state index in [2.05, 4.69) is 34.6 Å². The fourth-order valence-corrected chi connectivity index (χ4v) is 3.01. The van der Waals surface area contributed by atoms with Gasteiger partial charge in [-0.3, -0.25) is 9.69 Å². The molecule has 1 aromatic rings. The lowest BCUT2D eigenvalue weighted by atomic mass is 9.99. The summed E-state index contributed by atoms with van der Waals surface area (Å²) < 4.78 is 0. The topological polar surface area (TPSA) is 44.4 Å². The monoisotopic (exact) mass is 273 g/mol. The number of amides is 1. The van der Waals surface area contributed by atoms with E-state index in [1.807, 2.05) is 6.07 Å². The van der Waals surface area contributed by atoms with Crippen molar-refractivity contribution in [3.63, 3.8) is 0 Å². The summed E-state index contributed by atoms with van der Waals surface area (Å²) >= 11 is 0. The van der Waals surface area contributed by atoms with Crippen molar-refractivity contribution < 1.29 is 4.79 Å². The first-order chi connectivity index (χ1) is 9.70. The van der Waals surface area contributed by atoms with E-state index in [-0.39, 0.29) is 5.91 Å². The Bertz CT molecular complexity index is 492.